The van der Waals surface area contributed by atoms with E-state index in [9.17, 15) is 21.6 Å². The molecule has 1 aromatic carbocycles. The highest BCUT2D eigenvalue weighted by atomic mass is 32.2. The van der Waals surface area contributed by atoms with Gasteiger partial charge in [-0.25, -0.2) is 22.9 Å². The van der Waals surface area contributed by atoms with E-state index >= 15 is 0 Å². The Morgan fingerprint density at radius 1 is 1.17 bits per heavy atom. The van der Waals surface area contributed by atoms with Gasteiger partial charge in [0.2, 0.25) is 4.96 Å². The van der Waals surface area contributed by atoms with Crippen molar-refractivity contribution in [3.63, 3.8) is 0 Å². The molecule has 12 heteroatoms. The second-order valence-electron chi connectivity index (χ2n) is 6.22. The maximum absolute atomic E-state index is 13.0. The van der Waals surface area contributed by atoms with Gasteiger partial charge >= 0.3 is 6.18 Å². The molecular weight excluding hydrogens is 427 g/mol. The zero-order valence-corrected chi connectivity index (χ0v) is 16.3. The van der Waals surface area contributed by atoms with E-state index in [0.717, 1.165) is 12.3 Å². The number of rotatable bonds is 3. The van der Waals surface area contributed by atoms with Crippen LogP contribution in [0.25, 0.3) is 26.8 Å². The third-order valence-electron chi connectivity index (χ3n) is 4.07. The molecule has 3 aromatic heterocycles. The predicted octanol–water partition coefficient (Wildman–Crippen LogP) is 3.52. The number of alkyl halides is 3. The van der Waals surface area contributed by atoms with E-state index < -0.39 is 27.4 Å². The van der Waals surface area contributed by atoms with Crippen LogP contribution in [0, 0.1) is 0 Å². The lowest BCUT2D eigenvalue weighted by Gasteiger charge is -2.09. The van der Waals surface area contributed by atoms with Gasteiger partial charge in [-0.15, -0.1) is 0 Å². The minimum atomic E-state index is -4.62. The molecule has 0 amide bonds. The smallest absolute Gasteiger partial charge is 0.383 e. The summed E-state index contributed by atoms with van der Waals surface area (Å²) < 4.78 is 64.0. The molecule has 0 fully saturated rings. The molecule has 0 saturated carbocycles. The van der Waals surface area contributed by atoms with E-state index in [1.165, 1.54) is 40.4 Å². The van der Waals surface area contributed by atoms with Gasteiger partial charge in [0.25, 0.3) is 0 Å². The quantitative estimate of drug-likeness (QED) is 0.524. The highest BCUT2D eigenvalue weighted by Gasteiger charge is 2.34. The third-order valence-corrected chi connectivity index (χ3v) is 6.15. The van der Waals surface area contributed by atoms with Crippen molar-refractivity contribution in [2.24, 2.45) is 0 Å². The maximum atomic E-state index is 13.0. The molecule has 29 heavy (non-hydrogen) atoms. The van der Waals surface area contributed by atoms with Crippen molar-refractivity contribution in [1.82, 2.24) is 19.6 Å². The maximum Gasteiger partial charge on any atom is 0.419 e. The van der Waals surface area contributed by atoms with Gasteiger partial charge in [0.15, 0.2) is 9.84 Å². The first-order chi connectivity index (χ1) is 13.5. The molecule has 150 valence electrons. The van der Waals surface area contributed by atoms with Gasteiger partial charge in [0.1, 0.15) is 10.8 Å². The fraction of sp³-hybridized carbons (Fsp3) is 0.118. The van der Waals surface area contributed by atoms with Gasteiger partial charge in [0, 0.05) is 23.6 Å². The number of pyridine rings is 1. The summed E-state index contributed by atoms with van der Waals surface area (Å²) in [4.78, 5) is 8.51. The molecule has 0 atom stereocenters. The third kappa shape index (κ3) is 3.68. The normalized spacial score (nSPS) is 12.6. The number of fused-ring (bicyclic) bond motifs is 1. The minimum Gasteiger partial charge on any atom is -0.383 e. The number of anilines is 1. The Hall–Kier alpha value is -2.99. The molecule has 2 N–H and O–H groups in total. The van der Waals surface area contributed by atoms with Crippen LogP contribution in [-0.2, 0) is 16.0 Å². The molecule has 0 radical (unpaired) electrons. The Morgan fingerprint density at radius 3 is 2.59 bits per heavy atom. The summed E-state index contributed by atoms with van der Waals surface area (Å²) in [5.74, 6) is -0.603. The van der Waals surface area contributed by atoms with Crippen molar-refractivity contribution in [3.05, 3.63) is 48.3 Å². The van der Waals surface area contributed by atoms with Crippen LogP contribution in [0.4, 0.5) is 19.0 Å². The lowest BCUT2D eigenvalue weighted by molar-refractivity contribution is -0.137. The van der Waals surface area contributed by atoms with Crippen molar-refractivity contribution >= 4 is 32.0 Å². The Bertz CT molecular complexity index is 1310. The van der Waals surface area contributed by atoms with Crippen molar-refractivity contribution < 1.29 is 21.6 Å². The van der Waals surface area contributed by atoms with Crippen molar-refractivity contribution in [2.75, 3.05) is 12.0 Å². The van der Waals surface area contributed by atoms with Crippen LogP contribution >= 0.6 is 11.3 Å². The number of imidazole rings is 1. The number of benzene rings is 1. The topological polar surface area (TPSA) is 103 Å². The number of sulfone groups is 1. The van der Waals surface area contributed by atoms with Gasteiger partial charge in [-0.05, 0) is 18.2 Å². The van der Waals surface area contributed by atoms with Crippen LogP contribution < -0.4 is 5.73 Å². The lowest BCUT2D eigenvalue weighted by Crippen LogP contribution is -2.10. The average Bonchev–Trinajstić information content (AvgIpc) is 3.19. The van der Waals surface area contributed by atoms with Crippen molar-refractivity contribution in [2.45, 2.75) is 11.1 Å². The fourth-order valence-corrected chi connectivity index (χ4v) is 4.20. The molecule has 4 aromatic rings. The van der Waals surface area contributed by atoms with Crippen LogP contribution in [-0.4, -0.2) is 34.3 Å². The molecule has 0 aliphatic rings. The van der Waals surface area contributed by atoms with Crippen molar-refractivity contribution in [3.8, 4) is 21.8 Å². The first-order valence-electron chi connectivity index (χ1n) is 8.02. The highest BCUT2D eigenvalue weighted by Crippen LogP contribution is 2.35. The van der Waals surface area contributed by atoms with E-state index in [4.69, 9.17) is 5.73 Å². The van der Waals surface area contributed by atoms with Crippen LogP contribution in [0.15, 0.2) is 47.6 Å². The summed E-state index contributed by atoms with van der Waals surface area (Å²) in [5, 5.41) is 4.88. The monoisotopic (exact) mass is 439 g/mol. The summed E-state index contributed by atoms with van der Waals surface area (Å²) in [6.07, 6.45) is -0.820. The minimum absolute atomic E-state index is 0.157. The molecular formula is C17H12F3N5O2S2. The highest BCUT2D eigenvalue weighted by molar-refractivity contribution is 7.90. The fourth-order valence-electron chi connectivity index (χ4n) is 2.66. The zero-order valence-electron chi connectivity index (χ0n) is 14.7. The van der Waals surface area contributed by atoms with Crippen molar-refractivity contribution in [1.29, 1.82) is 0 Å². The molecule has 0 spiro atoms. The summed E-state index contributed by atoms with van der Waals surface area (Å²) in [6, 6.07) is 7.22. The van der Waals surface area contributed by atoms with Gasteiger partial charge in [-0.1, -0.05) is 23.5 Å². The van der Waals surface area contributed by atoms with E-state index in [1.807, 2.05) is 0 Å². The van der Waals surface area contributed by atoms with Crippen LogP contribution in [0.3, 0.4) is 0 Å². The Labute approximate surface area is 166 Å². The standard InChI is InChI=1S/C17H12F3N5O2S2/c1-29(26,27)11-4-2-3-9(5-11)15-24-25-8-13(23-16(25)28-15)10-6-12(17(18,19)20)14(21)22-7-10/h2-8H,1H3,(H2,21,22). The Morgan fingerprint density at radius 2 is 1.93 bits per heavy atom. The molecule has 3 heterocycles. The van der Waals surface area contributed by atoms with Gasteiger partial charge in [0.05, 0.1) is 22.3 Å². The van der Waals surface area contributed by atoms with E-state index in [1.54, 1.807) is 12.1 Å². The predicted molar refractivity (Wildman–Crippen MR) is 102 cm³/mol. The Kier molecular flexibility index (Phi) is 4.35. The van der Waals surface area contributed by atoms with Gasteiger partial charge in [-0.2, -0.15) is 18.3 Å². The summed E-state index contributed by atoms with van der Waals surface area (Å²) >= 11 is 1.18. The average molecular weight is 439 g/mol. The molecule has 0 aliphatic heterocycles. The first-order valence-corrected chi connectivity index (χ1v) is 10.7. The Balaban J connectivity index is 1.73. The number of nitrogens with two attached hydrogens (primary N) is 1. The second-order valence-corrected chi connectivity index (χ2v) is 9.19. The number of aromatic nitrogens is 4. The molecule has 0 aliphatic carbocycles. The molecule has 4 rings (SSSR count). The SMILES string of the molecule is CS(=O)(=O)c1cccc(-c2nn3cc(-c4cnc(N)c(C(F)(F)F)c4)nc3s2)c1. The van der Waals surface area contributed by atoms with Crippen LogP contribution in [0.1, 0.15) is 5.56 Å². The molecule has 0 unspecified atom stereocenters. The largest absolute Gasteiger partial charge is 0.419 e. The zero-order chi connectivity index (χ0) is 21.0. The summed E-state index contributed by atoms with van der Waals surface area (Å²) in [7, 11) is -3.37. The summed E-state index contributed by atoms with van der Waals surface area (Å²) in [6.45, 7) is 0. The summed E-state index contributed by atoms with van der Waals surface area (Å²) in [5.41, 5.74) is 5.31. The number of hydrogen-bond donors (Lipinski definition) is 1. The van der Waals surface area contributed by atoms with E-state index in [0.29, 0.717) is 15.5 Å². The first kappa shape index (κ1) is 19.3. The van der Waals surface area contributed by atoms with E-state index in [-0.39, 0.29) is 16.2 Å². The molecule has 0 bridgehead atoms. The van der Waals surface area contributed by atoms with Crippen LogP contribution in [0.5, 0.6) is 0 Å². The molecule has 0 saturated heterocycles. The lowest BCUT2D eigenvalue weighted by atomic mass is 10.1. The number of halogens is 3. The number of nitrogens with zero attached hydrogens (tertiary/aromatic N) is 4. The number of hydrogen-bond acceptors (Lipinski definition) is 7. The van der Waals surface area contributed by atoms with Crippen LogP contribution in [0.2, 0.25) is 0 Å². The molecule has 7 nitrogen and oxygen atoms in total. The van der Waals surface area contributed by atoms with Gasteiger partial charge in [-0.3, -0.25) is 0 Å². The van der Waals surface area contributed by atoms with Gasteiger partial charge < -0.3 is 5.73 Å². The second kappa shape index (κ2) is 6.52. The number of nitrogen functional groups attached to an aromatic ring is 1. The van der Waals surface area contributed by atoms with E-state index in [2.05, 4.69) is 15.1 Å².